The van der Waals surface area contributed by atoms with E-state index in [9.17, 15) is 0 Å². The third-order valence-corrected chi connectivity index (χ3v) is 4.66. The highest BCUT2D eigenvalue weighted by molar-refractivity contribution is 9.10. The standard InChI is InChI=1S/C14H19BrN4/c1-9-18-13(15)12-14(16)17-8-11(19(9)12)7-10-5-3-2-4-6-10/h8,10H,2-7H2,1H3,(H2,16,17). The summed E-state index contributed by atoms with van der Waals surface area (Å²) in [5, 5.41) is 0. The molecule has 4 nitrogen and oxygen atoms in total. The predicted molar refractivity (Wildman–Crippen MR) is 80.1 cm³/mol. The second-order valence-electron chi connectivity index (χ2n) is 5.48. The lowest BCUT2D eigenvalue weighted by Crippen LogP contribution is -2.13. The van der Waals surface area contributed by atoms with Gasteiger partial charge in [-0.25, -0.2) is 9.97 Å². The molecule has 102 valence electrons. The number of anilines is 1. The Labute approximate surface area is 121 Å². The average molecular weight is 323 g/mol. The van der Waals surface area contributed by atoms with Crippen molar-refractivity contribution in [3.63, 3.8) is 0 Å². The van der Waals surface area contributed by atoms with Crippen molar-refractivity contribution in [2.24, 2.45) is 5.92 Å². The summed E-state index contributed by atoms with van der Waals surface area (Å²) in [5.74, 6) is 2.30. The molecule has 0 amide bonds. The highest BCUT2D eigenvalue weighted by Crippen LogP contribution is 2.29. The summed E-state index contributed by atoms with van der Waals surface area (Å²) in [6.07, 6.45) is 9.78. The zero-order valence-corrected chi connectivity index (χ0v) is 12.8. The van der Waals surface area contributed by atoms with Crippen molar-refractivity contribution < 1.29 is 0 Å². The zero-order valence-electron chi connectivity index (χ0n) is 11.2. The minimum absolute atomic E-state index is 0.542. The van der Waals surface area contributed by atoms with Crippen LogP contribution in [0, 0.1) is 12.8 Å². The van der Waals surface area contributed by atoms with Crippen LogP contribution < -0.4 is 5.73 Å². The van der Waals surface area contributed by atoms with Crippen LogP contribution >= 0.6 is 15.9 Å². The number of nitrogens with two attached hydrogens (primary N) is 1. The van der Waals surface area contributed by atoms with Crippen molar-refractivity contribution in [1.29, 1.82) is 0 Å². The van der Waals surface area contributed by atoms with E-state index in [1.54, 1.807) is 0 Å². The number of imidazole rings is 1. The van der Waals surface area contributed by atoms with E-state index in [0.717, 1.165) is 28.3 Å². The molecule has 2 N–H and O–H groups in total. The molecule has 0 aromatic carbocycles. The minimum atomic E-state index is 0.542. The van der Waals surface area contributed by atoms with Gasteiger partial charge in [-0.1, -0.05) is 32.1 Å². The Balaban J connectivity index is 2.01. The molecular weight excluding hydrogens is 304 g/mol. The zero-order chi connectivity index (χ0) is 13.4. The molecule has 5 heteroatoms. The van der Waals surface area contributed by atoms with Crippen LogP contribution in [0.15, 0.2) is 10.8 Å². The van der Waals surface area contributed by atoms with E-state index in [1.165, 1.54) is 37.8 Å². The lowest BCUT2D eigenvalue weighted by molar-refractivity contribution is 0.353. The van der Waals surface area contributed by atoms with Crippen molar-refractivity contribution in [3.8, 4) is 0 Å². The summed E-state index contributed by atoms with van der Waals surface area (Å²) in [5.41, 5.74) is 8.11. The van der Waals surface area contributed by atoms with Gasteiger partial charge < -0.3 is 5.73 Å². The van der Waals surface area contributed by atoms with E-state index in [4.69, 9.17) is 5.73 Å². The number of nitrogen functional groups attached to an aromatic ring is 1. The lowest BCUT2D eigenvalue weighted by Gasteiger charge is -2.22. The number of rotatable bonds is 2. The van der Waals surface area contributed by atoms with E-state index in [1.807, 2.05) is 13.1 Å². The topological polar surface area (TPSA) is 56.2 Å². The van der Waals surface area contributed by atoms with Crippen molar-refractivity contribution in [2.75, 3.05) is 5.73 Å². The fourth-order valence-corrected chi connectivity index (χ4v) is 3.80. The van der Waals surface area contributed by atoms with Crippen LogP contribution in [0.1, 0.15) is 43.6 Å². The van der Waals surface area contributed by atoms with E-state index >= 15 is 0 Å². The molecule has 0 atom stereocenters. The number of aromatic nitrogens is 3. The third-order valence-electron chi connectivity index (χ3n) is 4.11. The third kappa shape index (κ3) is 2.36. The summed E-state index contributed by atoms with van der Waals surface area (Å²) >= 11 is 3.48. The fraction of sp³-hybridized carbons (Fsp3) is 0.571. The van der Waals surface area contributed by atoms with Gasteiger partial charge in [-0.3, -0.25) is 4.40 Å². The number of halogens is 1. The van der Waals surface area contributed by atoms with Gasteiger partial charge in [-0.15, -0.1) is 0 Å². The maximum Gasteiger partial charge on any atom is 0.150 e. The second-order valence-corrected chi connectivity index (χ2v) is 6.23. The van der Waals surface area contributed by atoms with Crippen LogP contribution in [-0.4, -0.2) is 14.4 Å². The van der Waals surface area contributed by atoms with E-state index in [0.29, 0.717) is 5.82 Å². The quantitative estimate of drug-likeness (QED) is 0.920. The molecule has 3 rings (SSSR count). The van der Waals surface area contributed by atoms with Gasteiger partial charge in [0.25, 0.3) is 0 Å². The van der Waals surface area contributed by atoms with Gasteiger partial charge in [0.1, 0.15) is 15.9 Å². The first-order chi connectivity index (χ1) is 9.16. The average Bonchev–Trinajstić information content (AvgIpc) is 2.71. The maximum absolute atomic E-state index is 5.97. The van der Waals surface area contributed by atoms with Gasteiger partial charge in [0.15, 0.2) is 5.82 Å². The lowest BCUT2D eigenvalue weighted by atomic mass is 9.86. The maximum atomic E-state index is 5.97. The Bertz CT molecular complexity index is 599. The summed E-state index contributed by atoms with van der Waals surface area (Å²) in [7, 11) is 0. The second kappa shape index (κ2) is 5.12. The molecule has 1 saturated carbocycles. The number of nitrogens with zero attached hydrogens (tertiary/aromatic N) is 3. The fourth-order valence-electron chi connectivity index (χ4n) is 3.16. The largest absolute Gasteiger partial charge is 0.382 e. The van der Waals surface area contributed by atoms with Crippen LogP contribution in [0.3, 0.4) is 0 Å². The Kier molecular flexibility index (Phi) is 3.48. The molecule has 2 aromatic heterocycles. The molecule has 0 radical (unpaired) electrons. The smallest absolute Gasteiger partial charge is 0.150 e. The Morgan fingerprint density at radius 1 is 1.37 bits per heavy atom. The normalized spacial score (nSPS) is 17.2. The number of aryl methyl sites for hydroxylation is 1. The van der Waals surface area contributed by atoms with E-state index in [-0.39, 0.29) is 0 Å². The molecular formula is C14H19BrN4. The molecule has 1 aliphatic rings. The molecule has 0 spiro atoms. The molecule has 2 heterocycles. The molecule has 0 bridgehead atoms. The number of hydrogen-bond donors (Lipinski definition) is 1. The van der Waals surface area contributed by atoms with Crippen LogP contribution in [-0.2, 0) is 6.42 Å². The van der Waals surface area contributed by atoms with Crippen molar-refractivity contribution in [1.82, 2.24) is 14.4 Å². The Hall–Kier alpha value is -1.10. The Morgan fingerprint density at radius 2 is 2.11 bits per heavy atom. The molecule has 0 aliphatic heterocycles. The molecule has 0 saturated heterocycles. The van der Waals surface area contributed by atoms with Crippen molar-refractivity contribution in [3.05, 3.63) is 22.3 Å². The highest BCUT2D eigenvalue weighted by atomic mass is 79.9. The van der Waals surface area contributed by atoms with Crippen LogP contribution in [0.25, 0.3) is 5.52 Å². The first-order valence-corrected chi connectivity index (χ1v) is 7.74. The van der Waals surface area contributed by atoms with Gasteiger partial charge in [0, 0.05) is 11.9 Å². The minimum Gasteiger partial charge on any atom is -0.382 e. The number of hydrogen-bond acceptors (Lipinski definition) is 3. The van der Waals surface area contributed by atoms with Crippen LogP contribution in [0.5, 0.6) is 0 Å². The summed E-state index contributed by atoms with van der Waals surface area (Å²) in [6.45, 7) is 2.02. The molecule has 1 fully saturated rings. The highest BCUT2D eigenvalue weighted by Gasteiger charge is 2.18. The summed E-state index contributed by atoms with van der Waals surface area (Å²) in [4.78, 5) is 8.80. The van der Waals surface area contributed by atoms with Gasteiger partial charge in [0.2, 0.25) is 0 Å². The monoisotopic (exact) mass is 322 g/mol. The summed E-state index contributed by atoms with van der Waals surface area (Å²) in [6, 6.07) is 0. The molecule has 1 aliphatic carbocycles. The van der Waals surface area contributed by atoms with Crippen LogP contribution in [0.4, 0.5) is 5.82 Å². The molecule has 19 heavy (non-hydrogen) atoms. The van der Waals surface area contributed by atoms with Gasteiger partial charge in [-0.05, 0) is 35.2 Å². The Morgan fingerprint density at radius 3 is 2.84 bits per heavy atom. The van der Waals surface area contributed by atoms with Gasteiger partial charge in [-0.2, -0.15) is 0 Å². The first-order valence-electron chi connectivity index (χ1n) is 6.94. The first kappa shape index (κ1) is 12.9. The number of fused-ring (bicyclic) bond motifs is 1. The van der Waals surface area contributed by atoms with Gasteiger partial charge >= 0.3 is 0 Å². The molecule has 0 unspecified atom stereocenters. The van der Waals surface area contributed by atoms with Gasteiger partial charge in [0.05, 0.1) is 0 Å². The van der Waals surface area contributed by atoms with Crippen molar-refractivity contribution in [2.45, 2.75) is 45.4 Å². The predicted octanol–water partition coefficient (Wildman–Crippen LogP) is 3.51. The van der Waals surface area contributed by atoms with E-state index < -0.39 is 0 Å². The SMILES string of the molecule is Cc1nc(Br)c2c(N)ncc(CC3CCCCC3)n12. The van der Waals surface area contributed by atoms with Crippen LogP contribution in [0.2, 0.25) is 0 Å². The van der Waals surface area contributed by atoms with Crippen molar-refractivity contribution >= 4 is 27.3 Å². The molecule has 2 aromatic rings. The summed E-state index contributed by atoms with van der Waals surface area (Å²) < 4.78 is 2.95. The van der Waals surface area contributed by atoms with E-state index in [2.05, 4.69) is 30.3 Å².